The van der Waals surface area contributed by atoms with Crippen LogP contribution in [-0.4, -0.2) is 19.8 Å². The van der Waals surface area contributed by atoms with Crippen molar-refractivity contribution in [3.8, 4) is 0 Å². The van der Waals surface area contributed by atoms with Crippen molar-refractivity contribution in [3.63, 3.8) is 0 Å². The molecule has 0 fully saturated rings. The van der Waals surface area contributed by atoms with Gasteiger partial charge < -0.3 is 10.1 Å². The first kappa shape index (κ1) is 15.2. The highest BCUT2D eigenvalue weighted by Gasteiger charge is 2.21. The molecule has 1 N–H and O–H groups in total. The van der Waals surface area contributed by atoms with Gasteiger partial charge in [0.05, 0.1) is 12.1 Å². The molecule has 0 aromatic heterocycles. The first-order valence-electron chi connectivity index (χ1n) is 7.14. The molecule has 0 bridgehead atoms. The summed E-state index contributed by atoms with van der Waals surface area (Å²) in [7, 11) is 2.02. The Morgan fingerprint density at radius 2 is 2.00 bits per heavy atom. The molecule has 0 spiro atoms. The van der Waals surface area contributed by atoms with Crippen molar-refractivity contribution < 1.29 is 4.74 Å². The van der Waals surface area contributed by atoms with Crippen LogP contribution in [0.3, 0.4) is 0 Å². The first-order chi connectivity index (χ1) is 8.76. The monoisotopic (exact) mass is 249 g/mol. The lowest BCUT2D eigenvalue weighted by Crippen LogP contribution is -2.31. The number of hydrogen-bond acceptors (Lipinski definition) is 2. The lowest BCUT2D eigenvalue weighted by atomic mass is 9.96. The molecule has 1 aromatic carbocycles. The van der Waals surface area contributed by atoms with E-state index in [2.05, 4.69) is 50.4 Å². The number of hydrogen-bond donors (Lipinski definition) is 1. The van der Waals surface area contributed by atoms with Gasteiger partial charge in [0.1, 0.15) is 0 Å². The minimum Gasteiger partial charge on any atom is -0.377 e. The molecule has 0 radical (unpaired) electrons. The van der Waals surface area contributed by atoms with Gasteiger partial charge >= 0.3 is 0 Å². The highest BCUT2D eigenvalue weighted by atomic mass is 16.5. The summed E-state index contributed by atoms with van der Waals surface area (Å²) < 4.78 is 5.90. The highest BCUT2D eigenvalue weighted by molar-refractivity contribution is 5.26. The predicted octanol–water partition coefficient (Wildman–Crippen LogP) is 3.71. The first-order valence-corrected chi connectivity index (χ1v) is 7.14. The van der Waals surface area contributed by atoms with Crippen LogP contribution >= 0.6 is 0 Å². The molecular weight excluding hydrogens is 222 g/mol. The molecule has 1 aromatic rings. The van der Waals surface area contributed by atoms with Crippen LogP contribution in [0.25, 0.3) is 0 Å². The quantitative estimate of drug-likeness (QED) is 0.758. The fourth-order valence-electron chi connectivity index (χ4n) is 2.42. The minimum absolute atomic E-state index is 0.261. The number of nitrogens with one attached hydrogen (secondary N) is 1. The van der Waals surface area contributed by atoms with E-state index in [1.165, 1.54) is 11.1 Å². The summed E-state index contributed by atoms with van der Waals surface area (Å²) in [5.41, 5.74) is 2.73. The average molecular weight is 249 g/mol. The number of rotatable bonds is 8. The summed E-state index contributed by atoms with van der Waals surface area (Å²) in [5, 5.41) is 3.41. The van der Waals surface area contributed by atoms with E-state index >= 15 is 0 Å². The van der Waals surface area contributed by atoms with Crippen LogP contribution in [-0.2, 0) is 11.2 Å². The van der Waals surface area contributed by atoms with Gasteiger partial charge in [0.25, 0.3) is 0 Å². The Bertz CT molecular complexity index is 332. The second-order valence-corrected chi connectivity index (χ2v) is 4.65. The van der Waals surface area contributed by atoms with E-state index in [1.54, 1.807) is 0 Å². The van der Waals surface area contributed by atoms with Crippen molar-refractivity contribution in [2.45, 2.75) is 52.2 Å². The zero-order valence-corrected chi connectivity index (χ0v) is 12.2. The van der Waals surface area contributed by atoms with E-state index in [4.69, 9.17) is 4.74 Å². The molecule has 0 aliphatic carbocycles. The topological polar surface area (TPSA) is 21.3 Å². The maximum Gasteiger partial charge on any atom is 0.0769 e. The van der Waals surface area contributed by atoms with Crippen molar-refractivity contribution in [1.82, 2.24) is 5.32 Å². The molecule has 2 unspecified atom stereocenters. The summed E-state index contributed by atoms with van der Waals surface area (Å²) in [6.45, 7) is 7.24. The van der Waals surface area contributed by atoms with Gasteiger partial charge in [-0.05, 0) is 37.9 Å². The molecule has 0 aliphatic heterocycles. The summed E-state index contributed by atoms with van der Waals surface area (Å²) in [4.78, 5) is 0. The van der Waals surface area contributed by atoms with Crippen molar-refractivity contribution >= 4 is 0 Å². The van der Waals surface area contributed by atoms with Crippen molar-refractivity contribution in [3.05, 3.63) is 35.4 Å². The SMILES string of the molecule is CCCC(OCC)C(NC)c1cccc(CC)c1. The van der Waals surface area contributed by atoms with Crippen LogP contribution in [0, 0.1) is 0 Å². The van der Waals surface area contributed by atoms with Gasteiger partial charge in [0.2, 0.25) is 0 Å². The summed E-state index contributed by atoms with van der Waals surface area (Å²) in [6.07, 6.45) is 3.58. The minimum atomic E-state index is 0.261. The molecule has 1 rings (SSSR count). The van der Waals surface area contributed by atoms with Crippen LogP contribution in [0.5, 0.6) is 0 Å². The number of ether oxygens (including phenoxy) is 1. The predicted molar refractivity (Wildman–Crippen MR) is 77.9 cm³/mol. The molecule has 0 saturated heterocycles. The molecule has 0 saturated carbocycles. The molecular formula is C16H27NO. The van der Waals surface area contributed by atoms with Crippen LogP contribution in [0.4, 0.5) is 0 Å². The molecule has 2 nitrogen and oxygen atoms in total. The molecule has 18 heavy (non-hydrogen) atoms. The maximum absolute atomic E-state index is 5.90. The molecule has 2 heteroatoms. The van der Waals surface area contributed by atoms with Gasteiger partial charge in [-0.2, -0.15) is 0 Å². The lowest BCUT2D eigenvalue weighted by Gasteiger charge is -2.27. The lowest BCUT2D eigenvalue weighted by molar-refractivity contribution is 0.0295. The zero-order chi connectivity index (χ0) is 13.4. The molecule has 2 atom stereocenters. The van der Waals surface area contributed by atoms with Gasteiger partial charge in [-0.25, -0.2) is 0 Å². The fraction of sp³-hybridized carbons (Fsp3) is 0.625. The molecule has 0 heterocycles. The third-order valence-electron chi connectivity index (χ3n) is 3.36. The van der Waals surface area contributed by atoms with Gasteiger partial charge in [0.15, 0.2) is 0 Å². The number of benzene rings is 1. The van der Waals surface area contributed by atoms with Gasteiger partial charge in [-0.3, -0.25) is 0 Å². The third kappa shape index (κ3) is 4.11. The smallest absolute Gasteiger partial charge is 0.0769 e. The van der Waals surface area contributed by atoms with E-state index < -0.39 is 0 Å². The van der Waals surface area contributed by atoms with Crippen LogP contribution in [0.15, 0.2) is 24.3 Å². The van der Waals surface area contributed by atoms with Gasteiger partial charge in [0, 0.05) is 6.61 Å². The van der Waals surface area contributed by atoms with Crippen molar-refractivity contribution in [1.29, 1.82) is 0 Å². The van der Waals surface area contributed by atoms with Gasteiger partial charge in [-0.1, -0.05) is 44.5 Å². The van der Waals surface area contributed by atoms with E-state index in [1.807, 2.05) is 7.05 Å². The van der Waals surface area contributed by atoms with E-state index in [-0.39, 0.29) is 12.1 Å². The van der Waals surface area contributed by atoms with E-state index in [9.17, 15) is 0 Å². The van der Waals surface area contributed by atoms with Crippen molar-refractivity contribution in [2.75, 3.05) is 13.7 Å². The van der Waals surface area contributed by atoms with Crippen LogP contribution < -0.4 is 5.32 Å². The Hall–Kier alpha value is -0.860. The van der Waals surface area contributed by atoms with Gasteiger partial charge in [-0.15, -0.1) is 0 Å². The van der Waals surface area contributed by atoms with Crippen LogP contribution in [0.2, 0.25) is 0 Å². The largest absolute Gasteiger partial charge is 0.377 e. The Balaban J connectivity index is 2.90. The van der Waals surface area contributed by atoms with E-state index in [0.29, 0.717) is 0 Å². The average Bonchev–Trinajstić information content (AvgIpc) is 2.40. The highest BCUT2D eigenvalue weighted by Crippen LogP contribution is 2.23. The second-order valence-electron chi connectivity index (χ2n) is 4.65. The Morgan fingerprint density at radius 1 is 1.22 bits per heavy atom. The summed E-state index contributed by atoms with van der Waals surface area (Å²) in [5.74, 6) is 0. The zero-order valence-electron chi connectivity index (χ0n) is 12.2. The molecule has 0 amide bonds. The second kappa shape index (κ2) is 8.28. The Kier molecular flexibility index (Phi) is 6.99. The number of likely N-dealkylation sites (N-methyl/N-ethyl adjacent to an activating group) is 1. The van der Waals surface area contributed by atoms with E-state index in [0.717, 1.165) is 25.9 Å². The Labute approximate surface area is 112 Å². The van der Waals surface area contributed by atoms with Crippen LogP contribution in [0.1, 0.15) is 50.8 Å². The molecule has 0 aliphatic rings. The molecule has 102 valence electrons. The maximum atomic E-state index is 5.90. The summed E-state index contributed by atoms with van der Waals surface area (Å²) in [6, 6.07) is 9.11. The number of aryl methyl sites for hydroxylation is 1. The summed E-state index contributed by atoms with van der Waals surface area (Å²) >= 11 is 0. The third-order valence-corrected chi connectivity index (χ3v) is 3.36. The fourth-order valence-corrected chi connectivity index (χ4v) is 2.42. The Morgan fingerprint density at radius 3 is 2.56 bits per heavy atom. The standard InChI is InChI=1S/C16H27NO/c1-5-9-15(18-7-3)16(17-4)14-11-8-10-13(6-2)12-14/h8,10-12,15-17H,5-7,9H2,1-4H3. The normalized spacial score (nSPS) is 14.4. The van der Waals surface area contributed by atoms with Crippen molar-refractivity contribution in [2.24, 2.45) is 0 Å².